The van der Waals surface area contributed by atoms with Gasteiger partial charge in [0, 0.05) is 28.6 Å². The van der Waals surface area contributed by atoms with Gasteiger partial charge in [-0.1, -0.05) is 36.4 Å². The number of ether oxygens (including phenoxy) is 2. The van der Waals surface area contributed by atoms with Gasteiger partial charge in [0.15, 0.2) is 5.92 Å². The molecule has 0 spiro atoms. The molecule has 2 atom stereocenters. The molecule has 1 aromatic heterocycles. The molecular formula is C19H15NO4. The average Bonchev–Trinajstić information content (AvgIpc) is 3.03. The summed E-state index contributed by atoms with van der Waals surface area (Å²) in [5.74, 6) is -2.17. The standard InChI is InChI=1S/C19H15NO4/c1-23-18(21)17-16(12-7-3-5-9-15(12)24-19(17)22)13-10-20-14-8-4-2-6-11(13)14/h2-10,16-17,20H,1H3. The van der Waals surface area contributed by atoms with Crippen molar-refractivity contribution in [3.63, 3.8) is 0 Å². The van der Waals surface area contributed by atoms with E-state index in [1.807, 2.05) is 42.6 Å². The lowest BCUT2D eigenvalue weighted by atomic mass is 9.78. The van der Waals surface area contributed by atoms with Crippen LogP contribution in [-0.2, 0) is 14.3 Å². The first-order valence-corrected chi connectivity index (χ1v) is 7.65. The third kappa shape index (κ3) is 2.09. The number of carbonyl (C=O) groups excluding carboxylic acids is 2. The number of para-hydroxylation sites is 2. The van der Waals surface area contributed by atoms with E-state index < -0.39 is 23.8 Å². The quantitative estimate of drug-likeness (QED) is 0.447. The van der Waals surface area contributed by atoms with Crippen LogP contribution in [0.25, 0.3) is 10.9 Å². The molecule has 120 valence electrons. The molecule has 0 saturated carbocycles. The molecular weight excluding hydrogens is 306 g/mol. The number of aromatic amines is 1. The average molecular weight is 321 g/mol. The molecule has 0 radical (unpaired) electrons. The van der Waals surface area contributed by atoms with Gasteiger partial charge in [0.1, 0.15) is 5.75 Å². The molecule has 5 heteroatoms. The molecule has 1 aliphatic heterocycles. The number of carbonyl (C=O) groups is 2. The highest BCUT2D eigenvalue weighted by Crippen LogP contribution is 2.44. The van der Waals surface area contributed by atoms with Gasteiger partial charge in [0.05, 0.1) is 7.11 Å². The summed E-state index contributed by atoms with van der Waals surface area (Å²) in [6, 6.07) is 15.1. The van der Waals surface area contributed by atoms with Crippen molar-refractivity contribution in [1.29, 1.82) is 0 Å². The number of rotatable bonds is 2. The maximum atomic E-state index is 12.5. The molecule has 4 rings (SSSR count). The van der Waals surface area contributed by atoms with Gasteiger partial charge in [-0.05, 0) is 17.7 Å². The Kier molecular flexibility index (Phi) is 3.34. The smallest absolute Gasteiger partial charge is 0.326 e. The minimum absolute atomic E-state index is 0.453. The van der Waals surface area contributed by atoms with Gasteiger partial charge in [-0.25, -0.2) is 0 Å². The Morgan fingerprint density at radius 3 is 2.67 bits per heavy atom. The lowest BCUT2D eigenvalue weighted by molar-refractivity contribution is -0.157. The van der Waals surface area contributed by atoms with E-state index in [9.17, 15) is 9.59 Å². The predicted octanol–water partition coefficient (Wildman–Crippen LogP) is 3.01. The molecule has 5 nitrogen and oxygen atoms in total. The Hall–Kier alpha value is -3.08. The van der Waals surface area contributed by atoms with Crippen LogP contribution < -0.4 is 4.74 Å². The highest BCUT2D eigenvalue weighted by Gasteiger charge is 2.45. The molecule has 2 unspecified atom stereocenters. The molecule has 2 aromatic carbocycles. The summed E-state index contributed by atoms with van der Waals surface area (Å²) < 4.78 is 10.2. The van der Waals surface area contributed by atoms with E-state index >= 15 is 0 Å². The highest BCUT2D eigenvalue weighted by atomic mass is 16.6. The monoisotopic (exact) mass is 321 g/mol. The first-order chi connectivity index (χ1) is 11.7. The maximum Gasteiger partial charge on any atom is 0.326 e. The predicted molar refractivity (Wildman–Crippen MR) is 87.7 cm³/mol. The van der Waals surface area contributed by atoms with Gasteiger partial charge in [0.2, 0.25) is 0 Å². The van der Waals surface area contributed by atoms with Crippen molar-refractivity contribution in [2.24, 2.45) is 5.92 Å². The molecule has 0 amide bonds. The number of hydrogen-bond acceptors (Lipinski definition) is 4. The minimum atomic E-state index is -1.02. The highest BCUT2D eigenvalue weighted by molar-refractivity contribution is 6.00. The Morgan fingerprint density at radius 2 is 1.83 bits per heavy atom. The third-order valence-corrected chi connectivity index (χ3v) is 4.46. The van der Waals surface area contributed by atoms with Crippen LogP contribution in [0, 0.1) is 5.92 Å². The van der Waals surface area contributed by atoms with Gasteiger partial charge >= 0.3 is 11.9 Å². The fourth-order valence-electron chi connectivity index (χ4n) is 3.38. The second-order valence-electron chi connectivity index (χ2n) is 5.73. The number of nitrogens with one attached hydrogen (secondary N) is 1. The number of aromatic nitrogens is 1. The lowest BCUT2D eigenvalue weighted by Crippen LogP contribution is -2.38. The topological polar surface area (TPSA) is 68.4 Å². The van der Waals surface area contributed by atoms with Crippen molar-refractivity contribution in [3.05, 3.63) is 65.9 Å². The number of fused-ring (bicyclic) bond motifs is 2. The molecule has 3 aromatic rings. The van der Waals surface area contributed by atoms with E-state index in [1.165, 1.54) is 7.11 Å². The summed E-state index contributed by atoms with van der Waals surface area (Å²) in [5, 5.41) is 0.973. The summed E-state index contributed by atoms with van der Waals surface area (Å²) >= 11 is 0. The number of esters is 2. The van der Waals surface area contributed by atoms with Crippen molar-refractivity contribution in [3.8, 4) is 5.75 Å². The Bertz CT molecular complexity index is 943. The zero-order valence-corrected chi connectivity index (χ0v) is 13.0. The SMILES string of the molecule is COC(=O)C1C(=O)Oc2ccccc2C1c1c[nH]c2ccccc12. The summed E-state index contributed by atoms with van der Waals surface area (Å²) in [4.78, 5) is 28.0. The van der Waals surface area contributed by atoms with Crippen LogP contribution in [0.3, 0.4) is 0 Å². The number of H-pyrrole nitrogens is 1. The Balaban J connectivity index is 1.97. The molecule has 1 aliphatic rings. The molecule has 0 bridgehead atoms. The second kappa shape index (κ2) is 5.53. The first kappa shape index (κ1) is 14.5. The number of benzene rings is 2. The van der Waals surface area contributed by atoms with Crippen LogP contribution in [-0.4, -0.2) is 24.0 Å². The van der Waals surface area contributed by atoms with Crippen LogP contribution in [0.1, 0.15) is 17.0 Å². The summed E-state index contributed by atoms with van der Waals surface area (Å²) in [7, 11) is 1.28. The normalized spacial score (nSPS) is 19.6. The van der Waals surface area contributed by atoms with Crippen molar-refractivity contribution >= 4 is 22.8 Å². The van der Waals surface area contributed by atoms with Crippen LogP contribution >= 0.6 is 0 Å². The van der Waals surface area contributed by atoms with Crippen molar-refractivity contribution in [2.75, 3.05) is 7.11 Å². The third-order valence-electron chi connectivity index (χ3n) is 4.46. The first-order valence-electron chi connectivity index (χ1n) is 7.65. The van der Waals surface area contributed by atoms with Gasteiger partial charge in [-0.2, -0.15) is 0 Å². The van der Waals surface area contributed by atoms with E-state index in [2.05, 4.69) is 4.98 Å². The molecule has 0 fully saturated rings. The number of hydrogen-bond donors (Lipinski definition) is 1. The zero-order valence-electron chi connectivity index (χ0n) is 13.0. The van der Waals surface area contributed by atoms with Crippen molar-refractivity contribution in [1.82, 2.24) is 4.98 Å². The van der Waals surface area contributed by atoms with E-state index in [-0.39, 0.29) is 0 Å². The van der Waals surface area contributed by atoms with Crippen LogP contribution in [0.4, 0.5) is 0 Å². The van der Waals surface area contributed by atoms with Crippen LogP contribution in [0.2, 0.25) is 0 Å². The minimum Gasteiger partial charge on any atom is -0.468 e. The molecule has 24 heavy (non-hydrogen) atoms. The van der Waals surface area contributed by atoms with E-state index in [0.717, 1.165) is 22.0 Å². The Labute approximate surface area is 138 Å². The molecule has 0 aliphatic carbocycles. The van der Waals surface area contributed by atoms with Crippen LogP contribution in [0.15, 0.2) is 54.7 Å². The zero-order chi connectivity index (χ0) is 16.7. The van der Waals surface area contributed by atoms with Gasteiger partial charge < -0.3 is 14.5 Å². The summed E-state index contributed by atoms with van der Waals surface area (Å²) in [6.07, 6.45) is 1.85. The second-order valence-corrected chi connectivity index (χ2v) is 5.73. The van der Waals surface area contributed by atoms with Gasteiger partial charge in [-0.15, -0.1) is 0 Å². The van der Waals surface area contributed by atoms with Gasteiger partial charge in [-0.3, -0.25) is 9.59 Å². The molecule has 0 saturated heterocycles. The van der Waals surface area contributed by atoms with Crippen molar-refractivity contribution < 1.29 is 19.1 Å². The number of methoxy groups -OCH3 is 1. The van der Waals surface area contributed by atoms with Crippen LogP contribution in [0.5, 0.6) is 5.75 Å². The largest absolute Gasteiger partial charge is 0.468 e. The van der Waals surface area contributed by atoms with E-state index in [4.69, 9.17) is 9.47 Å². The van der Waals surface area contributed by atoms with Gasteiger partial charge in [0.25, 0.3) is 0 Å². The van der Waals surface area contributed by atoms with E-state index in [1.54, 1.807) is 12.1 Å². The summed E-state index contributed by atoms with van der Waals surface area (Å²) in [6.45, 7) is 0. The molecule has 1 N–H and O–H groups in total. The lowest BCUT2D eigenvalue weighted by Gasteiger charge is -2.30. The molecule has 2 heterocycles. The maximum absolute atomic E-state index is 12.5. The van der Waals surface area contributed by atoms with Crippen molar-refractivity contribution in [2.45, 2.75) is 5.92 Å². The van der Waals surface area contributed by atoms with E-state index in [0.29, 0.717) is 5.75 Å². The summed E-state index contributed by atoms with van der Waals surface area (Å²) in [5.41, 5.74) is 2.63. The Morgan fingerprint density at radius 1 is 1.08 bits per heavy atom. The fraction of sp³-hybridized carbons (Fsp3) is 0.158. The fourth-order valence-corrected chi connectivity index (χ4v) is 3.38.